The van der Waals surface area contributed by atoms with Gasteiger partial charge in [0, 0.05) is 18.9 Å². The highest BCUT2D eigenvalue weighted by Gasteiger charge is 2.12. The first-order valence-corrected chi connectivity index (χ1v) is 10.3. The Balaban J connectivity index is 1.53. The van der Waals surface area contributed by atoms with Crippen LogP contribution < -0.4 is 15.6 Å². The lowest BCUT2D eigenvalue weighted by molar-refractivity contribution is 0.412. The van der Waals surface area contributed by atoms with E-state index >= 15 is 0 Å². The number of imidazole rings is 1. The number of ether oxygens (including phenoxy) is 1. The van der Waals surface area contributed by atoms with Crippen LogP contribution in [0.5, 0.6) is 5.75 Å². The van der Waals surface area contributed by atoms with Gasteiger partial charge in [0.05, 0.1) is 30.9 Å². The molecule has 0 aliphatic heterocycles. The highest BCUT2D eigenvalue weighted by molar-refractivity contribution is 5.50. The van der Waals surface area contributed by atoms with Crippen LogP contribution in [0.25, 0.3) is 5.69 Å². The zero-order valence-electron chi connectivity index (χ0n) is 18.2. The number of aryl methyl sites for hydroxylation is 1. The summed E-state index contributed by atoms with van der Waals surface area (Å²) in [7, 11) is 1.63. The molecule has 0 fully saturated rings. The number of anilines is 1. The van der Waals surface area contributed by atoms with Crippen LogP contribution >= 0.6 is 0 Å². The number of rotatable bonds is 7. The number of nitrogens with one attached hydrogen (secondary N) is 1. The molecule has 0 saturated carbocycles. The van der Waals surface area contributed by atoms with Crippen molar-refractivity contribution in [2.24, 2.45) is 0 Å². The third-order valence-electron chi connectivity index (χ3n) is 5.46. The van der Waals surface area contributed by atoms with Crippen molar-refractivity contribution in [2.75, 3.05) is 12.4 Å². The van der Waals surface area contributed by atoms with Crippen molar-refractivity contribution in [1.82, 2.24) is 14.1 Å². The van der Waals surface area contributed by atoms with Crippen molar-refractivity contribution in [1.29, 1.82) is 0 Å². The number of aromatic nitrogens is 3. The number of nitrogens with zero attached hydrogens (tertiary/aromatic N) is 3. The van der Waals surface area contributed by atoms with E-state index in [9.17, 15) is 9.18 Å². The van der Waals surface area contributed by atoms with Crippen molar-refractivity contribution in [3.05, 3.63) is 106 Å². The van der Waals surface area contributed by atoms with Gasteiger partial charge in [-0.05, 0) is 61.4 Å². The van der Waals surface area contributed by atoms with Crippen LogP contribution in [0.3, 0.4) is 0 Å². The van der Waals surface area contributed by atoms with Crippen LogP contribution in [0.4, 0.5) is 10.1 Å². The maximum atomic E-state index is 13.2. The third-order valence-corrected chi connectivity index (χ3v) is 5.46. The molecule has 4 aromatic rings. The molecular formula is C25H25FN4O2. The van der Waals surface area contributed by atoms with Gasteiger partial charge in [0.1, 0.15) is 17.3 Å². The normalized spacial score (nSPS) is 11.9. The molecule has 7 heteroatoms. The molecule has 164 valence electrons. The predicted octanol–water partition coefficient (Wildman–Crippen LogP) is 4.71. The summed E-state index contributed by atoms with van der Waals surface area (Å²) in [5, 5.41) is 3.23. The van der Waals surface area contributed by atoms with E-state index in [0.29, 0.717) is 12.2 Å². The summed E-state index contributed by atoms with van der Waals surface area (Å²) in [6, 6.07) is 15.5. The number of pyridine rings is 1. The Bertz CT molecular complexity index is 1280. The van der Waals surface area contributed by atoms with E-state index in [1.807, 2.05) is 48.9 Å². The quantitative estimate of drug-likeness (QED) is 0.459. The van der Waals surface area contributed by atoms with E-state index in [4.69, 9.17) is 4.74 Å². The van der Waals surface area contributed by atoms with Gasteiger partial charge >= 0.3 is 0 Å². The fourth-order valence-electron chi connectivity index (χ4n) is 3.65. The summed E-state index contributed by atoms with van der Waals surface area (Å²) >= 11 is 0. The van der Waals surface area contributed by atoms with E-state index < -0.39 is 0 Å². The molecule has 0 unspecified atom stereocenters. The lowest BCUT2D eigenvalue weighted by atomic mass is 10.1. The second kappa shape index (κ2) is 9.09. The Hall–Kier alpha value is -3.87. The zero-order chi connectivity index (χ0) is 22.7. The Morgan fingerprint density at radius 2 is 1.94 bits per heavy atom. The smallest absolute Gasteiger partial charge is 0.274 e. The first kappa shape index (κ1) is 21.4. The molecule has 0 amide bonds. The van der Waals surface area contributed by atoms with Crippen molar-refractivity contribution in [3.63, 3.8) is 0 Å². The lowest BCUT2D eigenvalue weighted by Gasteiger charge is -2.17. The summed E-state index contributed by atoms with van der Waals surface area (Å²) < 4.78 is 22.4. The molecule has 0 bridgehead atoms. The Morgan fingerprint density at radius 1 is 1.16 bits per heavy atom. The van der Waals surface area contributed by atoms with Gasteiger partial charge < -0.3 is 19.2 Å². The van der Waals surface area contributed by atoms with Gasteiger partial charge in [0.2, 0.25) is 0 Å². The monoisotopic (exact) mass is 432 g/mol. The minimum Gasteiger partial charge on any atom is -0.495 e. The van der Waals surface area contributed by atoms with Gasteiger partial charge in [-0.2, -0.15) is 0 Å². The molecule has 2 heterocycles. The van der Waals surface area contributed by atoms with E-state index in [0.717, 1.165) is 28.3 Å². The van der Waals surface area contributed by atoms with Crippen LogP contribution in [-0.4, -0.2) is 21.2 Å². The van der Waals surface area contributed by atoms with Crippen molar-refractivity contribution < 1.29 is 9.13 Å². The first-order valence-electron chi connectivity index (χ1n) is 10.3. The topological polar surface area (TPSA) is 61.1 Å². The number of hydrogen-bond donors (Lipinski definition) is 1. The minimum atomic E-state index is -0.298. The molecule has 4 rings (SSSR count). The molecule has 1 atom stereocenters. The van der Waals surface area contributed by atoms with E-state index in [2.05, 4.69) is 10.3 Å². The molecule has 0 aliphatic rings. The number of halogens is 1. The Morgan fingerprint density at radius 3 is 2.62 bits per heavy atom. The summed E-state index contributed by atoms with van der Waals surface area (Å²) in [5.74, 6) is 0.422. The zero-order valence-corrected chi connectivity index (χ0v) is 18.2. The fourth-order valence-corrected chi connectivity index (χ4v) is 3.65. The van der Waals surface area contributed by atoms with Crippen molar-refractivity contribution >= 4 is 5.69 Å². The molecule has 0 spiro atoms. The molecule has 1 N–H and O–H groups in total. The maximum Gasteiger partial charge on any atom is 0.274 e. The fraction of sp³-hybridized carbons (Fsp3) is 0.200. The van der Waals surface area contributed by atoms with Crippen molar-refractivity contribution in [3.8, 4) is 11.4 Å². The van der Waals surface area contributed by atoms with Gasteiger partial charge in [0.15, 0.2) is 0 Å². The summed E-state index contributed by atoms with van der Waals surface area (Å²) in [6.07, 6.45) is 5.43. The van der Waals surface area contributed by atoms with E-state index in [-0.39, 0.29) is 17.4 Å². The van der Waals surface area contributed by atoms with Crippen molar-refractivity contribution in [2.45, 2.75) is 26.4 Å². The maximum absolute atomic E-state index is 13.2. The highest BCUT2D eigenvalue weighted by atomic mass is 19.1. The van der Waals surface area contributed by atoms with Crippen LogP contribution in [0, 0.1) is 12.7 Å². The molecule has 0 radical (unpaired) electrons. The summed E-state index contributed by atoms with van der Waals surface area (Å²) in [4.78, 5) is 17.3. The molecule has 0 saturated heterocycles. The van der Waals surface area contributed by atoms with Crippen LogP contribution in [0.2, 0.25) is 0 Å². The molecule has 2 aromatic carbocycles. The van der Waals surface area contributed by atoms with E-state index in [1.54, 1.807) is 42.4 Å². The minimum absolute atomic E-state index is 0.137. The van der Waals surface area contributed by atoms with Gasteiger partial charge in [-0.15, -0.1) is 0 Å². The molecule has 32 heavy (non-hydrogen) atoms. The largest absolute Gasteiger partial charge is 0.495 e. The average molecular weight is 432 g/mol. The van der Waals surface area contributed by atoms with Crippen LogP contribution in [0.1, 0.15) is 29.8 Å². The third kappa shape index (κ3) is 4.42. The lowest BCUT2D eigenvalue weighted by Crippen LogP contribution is -2.25. The number of methoxy groups -OCH3 is 1. The van der Waals surface area contributed by atoms with Gasteiger partial charge in [-0.1, -0.05) is 18.2 Å². The molecular weight excluding hydrogens is 407 g/mol. The molecule has 2 aromatic heterocycles. The Kier molecular flexibility index (Phi) is 6.07. The number of benzene rings is 2. The van der Waals surface area contributed by atoms with Crippen LogP contribution in [-0.2, 0) is 6.54 Å². The Labute approximate surface area is 185 Å². The van der Waals surface area contributed by atoms with E-state index in [1.165, 1.54) is 12.1 Å². The van der Waals surface area contributed by atoms with Gasteiger partial charge in [-0.3, -0.25) is 4.79 Å². The average Bonchev–Trinajstić information content (AvgIpc) is 3.24. The molecule has 0 aliphatic carbocycles. The standard InChI is InChI=1S/C25H25FN4O2/c1-17-15-29(16-28-17)23-11-6-19(13-24(23)32-3)14-27-22-5-4-12-30(25(22)31)18(2)20-7-9-21(26)10-8-20/h4-13,15-16,18,27H,14H2,1-3H3/t18-/m1/s1. The second-order valence-electron chi connectivity index (χ2n) is 7.64. The predicted molar refractivity (Wildman–Crippen MR) is 123 cm³/mol. The highest BCUT2D eigenvalue weighted by Crippen LogP contribution is 2.25. The van der Waals surface area contributed by atoms with Gasteiger partial charge in [0.25, 0.3) is 5.56 Å². The van der Waals surface area contributed by atoms with Crippen LogP contribution in [0.15, 0.2) is 78.1 Å². The van der Waals surface area contributed by atoms with Gasteiger partial charge in [-0.25, -0.2) is 9.37 Å². The SMILES string of the molecule is COc1cc(CNc2cccn([C@H](C)c3ccc(F)cc3)c2=O)ccc1-n1cnc(C)c1. The molecule has 6 nitrogen and oxygen atoms in total. The summed E-state index contributed by atoms with van der Waals surface area (Å²) in [6.45, 7) is 4.31. The summed E-state index contributed by atoms with van der Waals surface area (Å²) in [5.41, 5.74) is 4.01. The number of hydrogen-bond acceptors (Lipinski definition) is 4. The second-order valence-corrected chi connectivity index (χ2v) is 7.64. The first-order chi connectivity index (χ1) is 15.5.